The van der Waals surface area contributed by atoms with Gasteiger partial charge >= 0.3 is 308 Å². The van der Waals surface area contributed by atoms with Gasteiger partial charge in [0.25, 0.3) is 0 Å². The van der Waals surface area contributed by atoms with Crippen LogP contribution in [0.3, 0.4) is 0 Å². The molecule has 244 valence electrons. The van der Waals surface area contributed by atoms with Crippen molar-refractivity contribution in [3.05, 3.63) is 187 Å². The van der Waals surface area contributed by atoms with Crippen molar-refractivity contribution in [2.75, 3.05) is 0 Å². The summed E-state index contributed by atoms with van der Waals surface area (Å²) in [6.07, 6.45) is 0. The van der Waals surface area contributed by atoms with Gasteiger partial charge in [-0.25, -0.2) is 0 Å². The van der Waals surface area contributed by atoms with E-state index < -0.39 is 19.8 Å². The van der Waals surface area contributed by atoms with Gasteiger partial charge in [-0.1, -0.05) is 6.07 Å². The Morgan fingerprint density at radius 3 is 1.77 bits per heavy atom. The Balaban J connectivity index is 1.11. The molecule has 0 aliphatic carbocycles. The summed E-state index contributed by atoms with van der Waals surface area (Å²) < 4.78 is 6.45. The molecule has 1 aliphatic heterocycles. The molecule has 0 spiro atoms. The van der Waals surface area contributed by atoms with Crippen LogP contribution in [0.5, 0.6) is 0 Å². The number of aromatic nitrogens is 2. The normalized spacial score (nSPS) is 12.9. The van der Waals surface area contributed by atoms with E-state index in [-0.39, 0.29) is 0 Å². The summed E-state index contributed by atoms with van der Waals surface area (Å²) in [4.78, 5) is 10.7. The first-order valence-electron chi connectivity index (χ1n) is 17.5. The molecule has 0 bridgehead atoms. The van der Waals surface area contributed by atoms with E-state index in [0.29, 0.717) is 0 Å². The standard InChI is InChI=1S/C48H29IN2S/c1-3-13-30(14-4-1)44-29-45(31-15-5-2-6-16-31)51-48(50-44)49-42-21-11-9-19-36(42)40-25-32(23-24-43(40)49)38-26-33-27-41-37-20-10-12-22-46(37)52-47(41)28-39(33)35-18-8-7-17-34(35)38/h1-29H. The summed E-state index contributed by atoms with van der Waals surface area (Å²) in [5.74, 6) is 0. The van der Waals surface area contributed by atoms with E-state index >= 15 is 0 Å². The molecule has 2 nitrogen and oxygen atoms in total. The molecule has 0 N–H and O–H groups in total. The molecule has 0 radical (unpaired) electrons. The molecule has 0 fully saturated rings. The van der Waals surface area contributed by atoms with E-state index in [4.69, 9.17) is 9.97 Å². The molecule has 3 heterocycles. The van der Waals surface area contributed by atoms with Gasteiger partial charge in [0.05, 0.1) is 0 Å². The Morgan fingerprint density at radius 2 is 1.00 bits per heavy atom. The van der Waals surface area contributed by atoms with E-state index in [0.717, 1.165) is 26.3 Å². The van der Waals surface area contributed by atoms with E-state index in [1.54, 1.807) is 0 Å². The average molecular weight is 793 g/mol. The Bertz CT molecular complexity index is 2970. The number of fused-ring (bicyclic) bond motifs is 9. The van der Waals surface area contributed by atoms with Crippen LogP contribution in [0.25, 0.3) is 86.5 Å². The van der Waals surface area contributed by atoms with E-state index in [1.807, 2.05) is 11.3 Å². The van der Waals surface area contributed by atoms with Crippen molar-refractivity contribution in [3.8, 4) is 44.8 Å². The third kappa shape index (κ3) is 4.75. The van der Waals surface area contributed by atoms with Gasteiger partial charge in [-0.2, -0.15) is 0 Å². The summed E-state index contributed by atoms with van der Waals surface area (Å²) in [6.45, 7) is 0. The third-order valence-corrected chi connectivity index (χ3v) is 17.0. The summed E-state index contributed by atoms with van der Waals surface area (Å²) in [6, 6.07) is 64.3. The molecule has 8 aromatic carbocycles. The minimum absolute atomic E-state index is 0.972. The molecule has 0 amide bonds. The van der Waals surface area contributed by atoms with Gasteiger partial charge in [0, 0.05) is 0 Å². The minimum atomic E-state index is -2.25. The van der Waals surface area contributed by atoms with Crippen LogP contribution in [-0.2, 0) is 0 Å². The topological polar surface area (TPSA) is 25.8 Å². The molecule has 4 heteroatoms. The van der Waals surface area contributed by atoms with E-state index in [1.165, 1.54) is 71.1 Å². The van der Waals surface area contributed by atoms with Crippen LogP contribution >= 0.6 is 31.2 Å². The van der Waals surface area contributed by atoms with Gasteiger partial charge in [-0.15, -0.1) is 0 Å². The second kappa shape index (κ2) is 11.9. The van der Waals surface area contributed by atoms with Gasteiger partial charge in [0.15, 0.2) is 0 Å². The molecule has 10 aromatic rings. The average Bonchev–Trinajstić information content (AvgIpc) is 3.75. The van der Waals surface area contributed by atoms with Crippen LogP contribution in [0.2, 0.25) is 0 Å². The Labute approximate surface area is 312 Å². The Kier molecular flexibility index (Phi) is 6.89. The van der Waals surface area contributed by atoms with Crippen LogP contribution in [0.4, 0.5) is 0 Å². The summed E-state index contributed by atoms with van der Waals surface area (Å²) in [7, 11) is 0. The first-order valence-corrected chi connectivity index (χ1v) is 21.5. The van der Waals surface area contributed by atoms with Crippen LogP contribution in [0, 0.1) is 11.0 Å². The van der Waals surface area contributed by atoms with Crippen LogP contribution < -0.4 is 0 Å². The zero-order valence-electron chi connectivity index (χ0n) is 27.9. The molecule has 52 heavy (non-hydrogen) atoms. The maximum atomic E-state index is 5.37. The van der Waals surface area contributed by atoms with Gasteiger partial charge in [-0.3, -0.25) is 0 Å². The molecular formula is C48H29IN2S. The zero-order valence-corrected chi connectivity index (χ0v) is 30.9. The molecule has 0 saturated carbocycles. The second-order valence-corrected chi connectivity index (χ2v) is 19.2. The summed E-state index contributed by atoms with van der Waals surface area (Å²) >= 11 is -0.371. The number of hydrogen-bond acceptors (Lipinski definition) is 3. The maximum absolute atomic E-state index is 5.37. The first kappa shape index (κ1) is 30.0. The molecule has 11 rings (SSSR count). The van der Waals surface area contributed by atoms with Crippen molar-refractivity contribution in [3.63, 3.8) is 0 Å². The van der Waals surface area contributed by atoms with Crippen molar-refractivity contribution < 1.29 is 0 Å². The monoisotopic (exact) mass is 792 g/mol. The fourth-order valence-electron chi connectivity index (χ4n) is 7.78. The SMILES string of the molecule is c1ccc(-c2cc(-c3ccccc3)nc(I3c4ccccc4-c4cc(-c5cc6cc7c(cc6c6ccccc56)sc5ccccc57)ccc43)n2)cc1. The zero-order chi connectivity index (χ0) is 34.2. The van der Waals surface area contributed by atoms with Gasteiger partial charge in [0.1, 0.15) is 0 Å². The third-order valence-electron chi connectivity index (χ3n) is 10.2. The number of thiophene rings is 1. The van der Waals surface area contributed by atoms with Crippen LogP contribution in [0.1, 0.15) is 0 Å². The fourth-order valence-corrected chi connectivity index (χ4v) is 14.8. The Morgan fingerprint density at radius 1 is 0.365 bits per heavy atom. The van der Waals surface area contributed by atoms with Gasteiger partial charge in [-0.05, 0) is 0 Å². The van der Waals surface area contributed by atoms with Crippen molar-refractivity contribution in [2.24, 2.45) is 0 Å². The predicted octanol–water partition coefficient (Wildman–Crippen LogP) is 13.5. The van der Waals surface area contributed by atoms with Crippen molar-refractivity contribution in [1.82, 2.24) is 9.97 Å². The molecule has 0 saturated heterocycles. The molecule has 1 aliphatic rings. The van der Waals surface area contributed by atoms with Crippen molar-refractivity contribution in [1.29, 1.82) is 0 Å². The van der Waals surface area contributed by atoms with E-state index in [9.17, 15) is 0 Å². The number of benzene rings is 8. The quantitative estimate of drug-likeness (QED) is 0.101. The number of hydrogen-bond donors (Lipinski definition) is 0. The molecule has 2 aromatic heterocycles. The van der Waals surface area contributed by atoms with E-state index in [2.05, 4.69) is 176 Å². The van der Waals surface area contributed by atoms with Gasteiger partial charge < -0.3 is 0 Å². The van der Waals surface area contributed by atoms with Crippen molar-refractivity contribution >= 4 is 72.9 Å². The Hall–Kier alpha value is -5.69. The molecule has 0 unspecified atom stereocenters. The molecular weight excluding hydrogens is 764 g/mol. The number of nitrogens with zero attached hydrogens (tertiary/aromatic N) is 2. The number of halogens is 1. The predicted molar refractivity (Wildman–Crippen MR) is 228 cm³/mol. The van der Waals surface area contributed by atoms with Crippen LogP contribution in [0.15, 0.2) is 176 Å². The van der Waals surface area contributed by atoms with Gasteiger partial charge in [0.2, 0.25) is 0 Å². The number of rotatable bonds is 4. The fraction of sp³-hybridized carbons (Fsp3) is 0. The summed E-state index contributed by atoms with van der Waals surface area (Å²) in [5.41, 5.74) is 9.30. The molecule has 0 atom stereocenters. The van der Waals surface area contributed by atoms with Crippen LogP contribution in [-0.4, -0.2) is 9.97 Å². The second-order valence-electron chi connectivity index (χ2n) is 13.2. The van der Waals surface area contributed by atoms with Crippen molar-refractivity contribution in [2.45, 2.75) is 0 Å². The first-order chi connectivity index (χ1) is 25.8. The summed E-state index contributed by atoms with van der Waals surface area (Å²) in [5, 5.41) is 7.83.